The van der Waals surface area contributed by atoms with Crippen LogP contribution < -0.4 is 15.0 Å². The molecule has 1 unspecified atom stereocenters. The second-order valence-corrected chi connectivity index (χ2v) is 7.50. The highest BCUT2D eigenvalue weighted by Crippen LogP contribution is 2.25. The lowest BCUT2D eigenvalue weighted by Gasteiger charge is -2.35. The fourth-order valence-electron chi connectivity index (χ4n) is 3.75. The number of rotatable bonds is 7. The summed E-state index contributed by atoms with van der Waals surface area (Å²) >= 11 is 0. The molecule has 2 amide bonds. The van der Waals surface area contributed by atoms with Gasteiger partial charge in [-0.1, -0.05) is 24.3 Å². The van der Waals surface area contributed by atoms with E-state index in [2.05, 4.69) is 21.5 Å². The second kappa shape index (κ2) is 10.3. The van der Waals surface area contributed by atoms with Gasteiger partial charge in [-0.2, -0.15) is 0 Å². The van der Waals surface area contributed by atoms with E-state index in [9.17, 15) is 18.0 Å². The molecule has 1 heterocycles. The number of ether oxygens (including phenoxy) is 1. The number of urea groups is 1. The third kappa shape index (κ3) is 7.03. The van der Waals surface area contributed by atoms with E-state index in [1.807, 2.05) is 36.4 Å². The van der Waals surface area contributed by atoms with Gasteiger partial charge in [-0.3, -0.25) is 9.80 Å². The van der Waals surface area contributed by atoms with Crippen LogP contribution >= 0.6 is 0 Å². The van der Waals surface area contributed by atoms with Crippen molar-refractivity contribution in [3.63, 3.8) is 0 Å². The third-order valence-electron chi connectivity index (χ3n) is 5.08. The molecule has 0 spiro atoms. The largest absolute Gasteiger partial charge is 0.573 e. The normalized spacial score (nSPS) is 17.1. The van der Waals surface area contributed by atoms with Crippen molar-refractivity contribution < 1.29 is 22.7 Å². The van der Waals surface area contributed by atoms with Gasteiger partial charge >= 0.3 is 12.4 Å². The van der Waals surface area contributed by atoms with Gasteiger partial charge in [0, 0.05) is 31.0 Å². The summed E-state index contributed by atoms with van der Waals surface area (Å²) in [6, 6.07) is 14.1. The van der Waals surface area contributed by atoms with E-state index >= 15 is 0 Å². The van der Waals surface area contributed by atoms with Crippen LogP contribution in [0.2, 0.25) is 0 Å². The highest BCUT2D eigenvalue weighted by atomic mass is 19.4. The van der Waals surface area contributed by atoms with Gasteiger partial charge in [0.15, 0.2) is 0 Å². The number of carbonyl (C=O) groups is 1. The van der Waals surface area contributed by atoms with Crippen LogP contribution in [0.5, 0.6) is 5.75 Å². The Morgan fingerprint density at radius 1 is 1.19 bits per heavy atom. The molecule has 1 atom stereocenters. The molecule has 0 bridgehead atoms. The molecular weight excluding hydrogens is 407 g/mol. The fourth-order valence-corrected chi connectivity index (χ4v) is 3.75. The minimum absolute atomic E-state index is 0.308. The zero-order chi connectivity index (χ0) is 22.3. The molecule has 2 aromatic rings. The number of nitrogens with zero attached hydrogens (tertiary/aromatic N) is 2. The van der Waals surface area contributed by atoms with Crippen LogP contribution in [0.4, 0.5) is 29.3 Å². The smallest absolute Gasteiger partial charge is 0.406 e. The van der Waals surface area contributed by atoms with Crippen molar-refractivity contribution in [2.24, 2.45) is 5.92 Å². The number of halogens is 3. The van der Waals surface area contributed by atoms with Crippen LogP contribution in [0.15, 0.2) is 67.3 Å². The Bertz CT molecular complexity index is 857. The molecular formula is C23H26F3N3O2. The number of carbonyl (C=O) groups excluding carboxylic acids is 1. The average molecular weight is 433 g/mol. The minimum atomic E-state index is -4.76. The molecule has 166 valence electrons. The molecule has 3 rings (SSSR count). The molecule has 2 aromatic carbocycles. The van der Waals surface area contributed by atoms with Crippen molar-refractivity contribution in [1.82, 2.24) is 4.90 Å². The summed E-state index contributed by atoms with van der Waals surface area (Å²) in [6.45, 7) is 7.06. The van der Waals surface area contributed by atoms with E-state index in [1.165, 1.54) is 24.3 Å². The number of likely N-dealkylation sites (tertiary alicyclic amines) is 1. The Balaban J connectivity index is 1.70. The highest BCUT2D eigenvalue weighted by Gasteiger charge is 2.31. The lowest BCUT2D eigenvalue weighted by molar-refractivity contribution is -0.274. The second-order valence-electron chi connectivity index (χ2n) is 7.50. The van der Waals surface area contributed by atoms with Crippen molar-refractivity contribution >= 4 is 17.4 Å². The Hall–Kier alpha value is -3.00. The van der Waals surface area contributed by atoms with Gasteiger partial charge in [0.2, 0.25) is 0 Å². The Labute approximate surface area is 180 Å². The van der Waals surface area contributed by atoms with Crippen LogP contribution in [-0.2, 0) is 0 Å². The summed E-state index contributed by atoms with van der Waals surface area (Å²) in [7, 11) is 0. The van der Waals surface area contributed by atoms with Gasteiger partial charge in [0.25, 0.3) is 0 Å². The summed E-state index contributed by atoms with van der Waals surface area (Å²) in [5, 5.41) is 2.78. The first-order valence-corrected chi connectivity index (χ1v) is 10.2. The summed E-state index contributed by atoms with van der Waals surface area (Å²) in [4.78, 5) is 17.1. The van der Waals surface area contributed by atoms with E-state index in [4.69, 9.17) is 0 Å². The van der Waals surface area contributed by atoms with E-state index < -0.39 is 6.36 Å². The number of nitrogens with one attached hydrogen (secondary N) is 1. The molecule has 8 heteroatoms. The zero-order valence-corrected chi connectivity index (χ0v) is 17.1. The molecule has 0 saturated carbocycles. The van der Waals surface area contributed by atoms with Crippen molar-refractivity contribution in [1.29, 1.82) is 0 Å². The van der Waals surface area contributed by atoms with Crippen molar-refractivity contribution in [2.75, 3.05) is 36.4 Å². The number of alkyl halides is 3. The van der Waals surface area contributed by atoms with Crippen LogP contribution in [0.3, 0.4) is 0 Å². The number of anilines is 2. The van der Waals surface area contributed by atoms with Crippen LogP contribution in [0.25, 0.3) is 0 Å². The lowest BCUT2D eigenvalue weighted by atomic mass is 9.97. The molecule has 1 aliphatic rings. The Morgan fingerprint density at radius 3 is 2.55 bits per heavy atom. The predicted octanol–water partition coefficient (Wildman–Crippen LogP) is 5.52. The molecule has 1 aliphatic heterocycles. The molecule has 1 saturated heterocycles. The zero-order valence-electron chi connectivity index (χ0n) is 17.1. The van der Waals surface area contributed by atoms with Gasteiger partial charge in [0.05, 0.1) is 0 Å². The summed E-state index contributed by atoms with van der Waals surface area (Å²) in [6.07, 6.45) is -0.790. The highest BCUT2D eigenvalue weighted by molar-refractivity contribution is 6.01. The van der Waals surface area contributed by atoms with Gasteiger partial charge in [-0.15, -0.1) is 19.8 Å². The van der Waals surface area contributed by atoms with Crippen molar-refractivity contribution in [2.45, 2.75) is 19.2 Å². The monoisotopic (exact) mass is 433 g/mol. The van der Waals surface area contributed by atoms with Gasteiger partial charge in [-0.25, -0.2) is 4.79 Å². The first-order chi connectivity index (χ1) is 14.8. The molecule has 0 aromatic heterocycles. The molecule has 31 heavy (non-hydrogen) atoms. The van der Waals surface area contributed by atoms with Gasteiger partial charge < -0.3 is 10.1 Å². The standard InChI is InChI=1S/C23H26F3N3O2/c1-2-14-28-15-6-7-18(16-28)17-29(20-8-4-3-5-9-20)22(30)27-19-10-12-21(13-11-19)31-23(24,25)26/h2-5,8-13,18H,1,6-7,14-17H2,(H,27,30). The number of amides is 2. The minimum Gasteiger partial charge on any atom is -0.406 e. The quantitative estimate of drug-likeness (QED) is 0.585. The topological polar surface area (TPSA) is 44.8 Å². The van der Waals surface area contributed by atoms with Crippen LogP contribution in [-0.4, -0.2) is 43.5 Å². The van der Waals surface area contributed by atoms with Crippen LogP contribution in [0, 0.1) is 5.92 Å². The first-order valence-electron chi connectivity index (χ1n) is 10.2. The maximum atomic E-state index is 13.1. The maximum absolute atomic E-state index is 13.1. The van der Waals surface area contributed by atoms with E-state index in [0.29, 0.717) is 18.2 Å². The number of benzene rings is 2. The maximum Gasteiger partial charge on any atom is 0.573 e. The Morgan fingerprint density at radius 2 is 1.90 bits per heavy atom. The number of piperidine rings is 1. The number of para-hydroxylation sites is 1. The predicted molar refractivity (Wildman–Crippen MR) is 115 cm³/mol. The number of hydrogen-bond donors (Lipinski definition) is 1. The number of hydrogen-bond acceptors (Lipinski definition) is 3. The molecule has 1 N–H and O–H groups in total. The fraction of sp³-hybridized carbons (Fsp3) is 0.348. The SMILES string of the molecule is C=CCN1CCCC(CN(C(=O)Nc2ccc(OC(F)(F)F)cc2)c2ccccc2)C1. The van der Waals surface area contributed by atoms with Crippen molar-refractivity contribution in [3.8, 4) is 5.75 Å². The summed E-state index contributed by atoms with van der Waals surface area (Å²) in [5.41, 5.74) is 1.15. The van der Waals surface area contributed by atoms with Crippen molar-refractivity contribution in [3.05, 3.63) is 67.3 Å². The van der Waals surface area contributed by atoms with E-state index in [0.717, 1.165) is 38.2 Å². The summed E-state index contributed by atoms with van der Waals surface area (Å²) < 4.78 is 40.9. The lowest BCUT2D eigenvalue weighted by Crippen LogP contribution is -2.44. The molecule has 1 fully saturated rings. The Kier molecular flexibility index (Phi) is 7.57. The van der Waals surface area contributed by atoms with E-state index in [-0.39, 0.29) is 11.8 Å². The van der Waals surface area contributed by atoms with Gasteiger partial charge in [0.1, 0.15) is 5.75 Å². The van der Waals surface area contributed by atoms with E-state index in [1.54, 1.807) is 4.90 Å². The third-order valence-corrected chi connectivity index (χ3v) is 5.08. The molecule has 5 nitrogen and oxygen atoms in total. The average Bonchev–Trinajstić information content (AvgIpc) is 2.73. The molecule has 0 aliphatic carbocycles. The van der Waals surface area contributed by atoms with Crippen LogP contribution in [0.1, 0.15) is 12.8 Å². The summed E-state index contributed by atoms with van der Waals surface area (Å²) in [5.74, 6) is -0.0304. The first kappa shape index (κ1) is 22.7. The van der Waals surface area contributed by atoms with Gasteiger partial charge in [-0.05, 0) is 61.7 Å². The molecule has 0 radical (unpaired) electrons.